The van der Waals surface area contributed by atoms with Gasteiger partial charge in [0.05, 0.1) is 15.9 Å². The highest BCUT2D eigenvalue weighted by atomic mass is 79.9. The van der Waals surface area contributed by atoms with Gasteiger partial charge in [-0.2, -0.15) is 5.10 Å². The maximum atomic E-state index is 14.0. The fraction of sp³-hybridized carbons (Fsp3) is 0.357. The average Bonchev–Trinajstić information content (AvgIpc) is 2.59. The summed E-state index contributed by atoms with van der Waals surface area (Å²) in [5.41, 5.74) is 9.20. The van der Waals surface area contributed by atoms with Gasteiger partial charge in [0, 0.05) is 25.1 Å². The summed E-state index contributed by atoms with van der Waals surface area (Å²) >= 11 is 3.50. The van der Waals surface area contributed by atoms with Gasteiger partial charge in [-0.15, -0.1) is 0 Å². The molecule has 0 aliphatic rings. The Labute approximate surface area is 120 Å². The van der Waals surface area contributed by atoms with Crippen molar-refractivity contribution < 1.29 is 4.39 Å². The van der Waals surface area contributed by atoms with Crippen molar-refractivity contribution in [2.75, 3.05) is 0 Å². The highest BCUT2D eigenvalue weighted by molar-refractivity contribution is 9.10. The van der Waals surface area contributed by atoms with E-state index in [4.69, 9.17) is 5.73 Å². The SMILES string of the molecule is Cc1cccc(C(N)Cc2c(Br)c(C)nn2C)c1F. The maximum Gasteiger partial charge on any atom is 0.130 e. The first-order valence-corrected chi connectivity index (χ1v) is 6.89. The van der Waals surface area contributed by atoms with Crippen molar-refractivity contribution in [2.45, 2.75) is 26.3 Å². The summed E-state index contributed by atoms with van der Waals surface area (Å²) in [6, 6.07) is 4.93. The molecule has 102 valence electrons. The van der Waals surface area contributed by atoms with E-state index >= 15 is 0 Å². The van der Waals surface area contributed by atoms with Crippen molar-refractivity contribution in [2.24, 2.45) is 12.8 Å². The molecule has 0 bridgehead atoms. The predicted molar refractivity (Wildman–Crippen MR) is 77.4 cm³/mol. The molecule has 2 N–H and O–H groups in total. The Kier molecular flexibility index (Phi) is 4.06. The van der Waals surface area contributed by atoms with Gasteiger partial charge in [0.15, 0.2) is 0 Å². The second kappa shape index (κ2) is 5.43. The van der Waals surface area contributed by atoms with E-state index in [9.17, 15) is 4.39 Å². The van der Waals surface area contributed by atoms with Gasteiger partial charge in [-0.1, -0.05) is 18.2 Å². The highest BCUT2D eigenvalue weighted by Gasteiger charge is 2.18. The van der Waals surface area contributed by atoms with Gasteiger partial charge in [0.25, 0.3) is 0 Å². The largest absolute Gasteiger partial charge is 0.324 e. The minimum Gasteiger partial charge on any atom is -0.324 e. The van der Waals surface area contributed by atoms with Crippen LogP contribution in [0, 0.1) is 19.7 Å². The number of hydrogen-bond donors (Lipinski definition) is 1. The number of aromatic nitrogens is 2. The maximum absolute atomic E-state index is 14.0. The van der Waals surface area contributed by atoms with Crippen LogP contribution in [0.4, 0.5) is 4.39 Å². The fourth-order valence-corrected chi connectivity index (χ4v) is 2.67. The van der Waals surface area contributed by atoms with Crippen LogP contribution in [-0.4, -0.2) is 9.78 Å². The predicted octanol–water partition coefficient (Wildman–Crippen LogP) is 3.18. The third-order valence-corrected chi connectivity index (χ3v) is 4.33. The van der Waals surface area contributed by atoms with Gasteiger partial charge in [0.2, 0.25) is 0 Å². The van der Waals surface area contributed by atoms with Gasteiger partial charge in [-0.05, 0) is 35.3 Å². The molecule has 0 amide bonds. The van der Waals surface area contributed by atoms with Gasteiger partial charge in [-0.3, -0.25) is 4.68 Å². The molecule has 0 saturated carbocycles. The quantitative estimate of drug-likeness (QED) is 0.941. The van der Waals surface area contributed by atoms with E-state index in [1.165, 1.54) is 0 Å². The van der Waals surface area contributed by atoms with Crippen molar-refractivity contribution in [3.05, 3.63) is 51.0 Å². The minimum absolute atomic E-state index is 0.218. The fourth-order valence-electron chi connectivity index (χ4n) is 2.18. The summed E-state index contributed by atoms with van der Waals surface area (Å²) in [5, 5.41) is 4.32. The molecule has 3 nitrogen and oxygen atoms in total. The summed E-state index contributed by atoms with van der Waals surface area (Å²) in [6.45, 7) is 3.67. The molecule has 1 unspecified atom stereocenters. The zero-order valence-electron chi connectivity index (χ0n) is 11.2. The standard InChI is InChI=1S/C14H17BrFN3/c1-8-5-4-6-10(14(8)16)11(17)7-12-13(15)9(2)18-19(12)3/h4-6,11H,7,17H2,1-3H3. The molecule has 0 radical (unpaired) electrons. The molecule has 1 heterocycles. The molecule has 0 saturated heterocycles. The van der Waals surface area contributed by atoms with Crippen LogP contribution in [0.2, 0.25) is 0 Å². The van der Waals surface area contributed by atoms with Crippen molar-refractivity contribution in [1.82, 2.24) is 9.78 Å². The summed E-state index contributed by atoms with van der Waals surface area (Å²) in [5.74, 6) is -0.218. The Bertz CT molecular complexity index is 607. The van der Waals surface area contributed by atoms with Crippen molar-refractivity contribution in [3.8, 4) is 0 Å². The van der Waals surface area contributed by atoms with Gasteiger partial charge >= 0.3 is 0 Å². The van der Waals surface area contributed by atoms with Crippen LogP contribution in [0.1, 0.15) is 28.6 Å². The van der Waals surface area contributed by atoms with Crippen LogP contribution in [0.3, 0.4) is 0 Å². The lowest BCUT2D eigenvalue weighted by atomic mass is 10.00. The lowest BCUT2D eigenvalue weighted by molar-refractivity contribution is 0.562. The molecule has 0 spiro atoms. The lowest BCUT2D eigenvalue weighted by Gasteiger charge is -2.14. The normalized spacial score (nSPS) is 12.7. The molecule has 0 aliphatic carbocycles. The molecular formula is C14H17BrFN3. The van der Waals surface area contributed by atoms with Crippen LogP contribution >= 0.6 is 15.9 Å². The number of nitrogens with zero attached hydrogens (tertiary/aromatic N) is 2. The molecule has 5 heteroatoms. The molecule has 0 fully saturated rings. The molecular weight excluding hydrogens is 309 g/mol. The Morgan fingerprint density at radius 3 is 2.68 bits per heavy atom. The van der Waals surface area contributed by atoms with E-state index in [-0.39, 0.29) is 11.9 Å². The van der Waals surface area contributed by atoms with E-state index in [1.807, 2.05) is 20.0 Å². The van der Waals surface area contributed by atoms with Crippen LogP contribution < -0.4 is 5.73 Å². The van der Waals surface area contributed by atoms with Gasteiger partial charge < -0.3 is 5.73 Å². The molecule has 2 rings (SSSR count). The number of rotatable bonds is 3. The van der Waals surface area contributed by atoms with E-state index in [2.05, 4.69) is 21.0 Å². The Balaban J connectivity index is 2.31. The summed E-state index contributed by atoms with van der Waals surface area (Å²) in [7, 11) is 1.87. The van der Waals surface area contributed by atoms with Crippen molar-refractivity contribution >= 4 is 15.9 Å². The topological polar surface area (TPSA) is 43.8 Å². The number of halogens is 2. The third kappa shape index (κ3) is 2.72. The third-order valence-electron chi connectivity index (χ3n) is 3.30. The highest BCUT2D eigenvalue weighted by Crippen LogP contribution is 2.26. The van der Waals surface area contributed by atoms with Crippen molar-refractivity contribution in [3.63, 3.8) is 0 Å². The van der Waals surface area contributed by atoms with Crippen molar-refractivity contribution in [1.29, 1.82) is 0 Å². The average molecular weight is 326 g/mol. The van der Waals surface area contributed by atoms with E-state index in [1.54, 1.807) is 23.7 Å². The molecule has 1 aromatic heterocycles. The zero-order chi connectivity index (χ0) is 14.2. The molecule has 1 aromatic carbocycles. The number of hydrogen-bond acceptors (Lipinski definition) is 2. The van der Waals surface area contributed by atoms with Crippen LogP contribution in [0.15, 0.2) is 22.7 Å². The monoisotopic (exact) mass is 325 g/mol. The second-order valence-corrected chi connectivity index (χ2v) is 5.55. The smallest absolute Gasteiger partial charge is 0.130 e. The van der Waals surface area contributed by atoms with Gasteiger partial charge in [0.1, 0.15) is 5.82 Å². The van der Waals surface area contributed by atoms with E-state index < -0.39 is 0 Å². The van der Waals surface area contributed by atoms with E-state index in [0.29, 0.717) is 17.5 Å². The Morgan fingerprint density at radius 1 is 1.42 bits per heavy atom. The zero-order valence-corrected chi connectivity index (χ0v) is 12.8. The number of benzene rings is 1. The van der Waals surface area contributed by atoms with Crippen LogP contribution in [-0.2, 0) is 13.5 Å². The van der Waals surface area contributed by atoms with Crippen LogP contribution in [0.25, 0.3) is 0 Å². The summed E-state index contributed by atoms with van der Waals surface area (Å²) < 4.78 is 16.8. The Morgan fingerprint density at radius 2 is 2.11 bits per heavy atom. The van der Waals surface area contributed by atoms with Crippen LogP contribution in [0.5, 0.6) is 0 Å². The number of nitrogens with two attached hydrogens (primary N) is 1. The molecule has 1 atom stereocenters. The molecule has 2 aromatic rings. The first-order valence-electron chi connectivity index (χ1n) is 6.10. The molecule has 19 heavy (non-hydrogen) atoms. The van der Waals surface area contributed by atoms with Gasteiger partial charge in [-0.25, -0.2) is 4.39 Å². The molecule has 0 aliphatic heterocycles. The summed E-state index contributed by atoms with van der Waals surface area (Å²) in [6.07, 6.45) is 0.540. The number of aryl methyl sites for hydroxylation is 3. The first-order chi connectivity index (χ1) is 8.91. The van der Waals surface area contributed by atoms with E-state index in [0.717, 1.165) is 15.9 Å². The first kappa shape index (κ1) is 14.2. The Hall–Kier alpha value is -1.20. The lowest BCUT2D eigenvalue weighted by Crippen LogP contribution is -2.17. The minimum atomic E-state index is -0.383. The second-order valence-electron chi connectivity index (χ2n) is 4.76. The summed E-state index contributed by atoms with van der Waals surface area (Å²) in [4.78, 5) is 0.